The Hall–Kier alpha value is -4.15. The fourth-order valence-corrected chi connectivity index (χ4v) is 4.59. The van der Waals surface area contributed by atoms with Crippen LogP contribution in [0.1, 0.15) is 65.2 Å². The number of hydrogen-bond donors (Lipinski definition) is 4. The van der Waals surface area contributed by atoms with Gasteiger partial charge in [0.1, 0.15) is 0 Å². The van der Waals surface area contributed by atoms with Crippen LogP contribution >= 0.6 is 0 Å². The summed E-state index contributed by atoms with van der Waals surface area (Å²) in [4.78, 5) is 52.0. The van der Waals surface area contributed by atoms with Gasteiger partial charge in [0.2, 0.25) is 5.95 Å². The summed E-state index contributed by atoms with van der Waals surface area (Å²) in [6.45, 7) is 0. The lowest BCUT2D eigenvalue weighted by molar-refractivity contribution is -0.142. The first-order valence-electron chi connectivity index (χ1n) is 11.4. The van der Waals surface area contributed by atoms with Crippen molar-refractivity contribution < 1.29 is 24.6 Å². The van der Waals surface area contributed by atoms with Crippen LogP contribution in [0.3, 0.4) is 0 Å². The summed E-state index contributed by atoms with van der Waals surface area (Å²) in [7, 11) is 0. The van der Waals surface area contributed by atoms with Gasteiger partial charge in [0, 0.05) is 18.4 Å². The van der Waals surface area contributed by atoms with E-state index in [4.69, 9.17) is 16.6 Å². The smallest absolute Gasteiger partial charge is 0.306 e. The molecule has 4 rings (SSSR count). The van der Waals surface area contributed by atoms with Gasteiger partial charge in [0.25, 0.3) is 0 Å². The number of fused-ring (bicyclic) bond motifs is 2. The van der Waals surface area contributed by atoms with E-state index in [9.17, 15) is 19.5 Å². The highest BCUT2D eigenvalue weighted by molar-refractivity contribution is 5.98. The molecule has 0 aliphatic heterocycles. The normalized spacial score (nSPS) is 15.9. The van der Waals surface area contributed by atoms with Crippen molar-refractivity contribution in [1.29, 1.82) is 0 Å². The lowest BCUT2D eigenvalue weighted by Gasteiger charge is -2.26. The molecular formula is C24H26N6O5. The maximum Gasteiger partial charge on any atom is 0.306 e. The van der Waals surface area contributed by atoms with Crippen LogP contribution in [-0.4, -0.2) is 47.9 Å². The predicted molar refractivity (Wildman–Crippen MR) is 127 cm³/mol. The number of aliphatic carboxylic acids is 2. The van der Waals surface area contributed by atoms with E-state index in [1.54, 1.807) is 12.3 Å². The number of benzene rings is 1. The van der Waals surface area contributed by atoms with Gasteiger partial charge in [0.05, 0.1) is 17.8 Å². The zero-order valence-electron chi connectivity index (χ0n) is 19.0. The number of nitrogen functional groups attached to an aromatic ring is 2. The lowest BCUT2D eigenvalue weighted by Crippen LogP contribution is -2.20. The lowest BCUT2D eigenvalue weighted by atomic mass is 9.79. The quantitative estimate of drug-likeness (QED) is 0.330. The number of carbonyl (C=O) groups is 3. The number of aryl methyl sites for hydroxylation is 1. The van der Waals surface area contributed by atoms with Gasteiger partial charge in [-0.1, -0.05) is 12.1 Å². The third kappa shape index (κ3) is 5.51. The van der Waals surface area contributed by atoms with Crippen molar-refractivity contribution in [1.82, 2.24) is 19.9 Å². The largest absolute Gasteiger partial charge is 0.481 e. The van der Waals surface area contributed by atoms with Gasteiger partial charge in [-0.3, -0.25) is 14.4 Å². The molecule has 2 atom stereocenters. The number of carbonyl (C=O) groups excluding carboxylic acids is 1. The number of Topliss-reactive ketones (excluding diaryl/α,β-unsaturated/α-hetero) is 1. The highest BCUT2D eigenvalue weighted by atomic mass is 16.4. The molecule has 0 saturated carbocycles. The van der Waals surface area contributed by atoms with E-state index >= 15 is 0 Å². The Balaban J connectivity index is 1.51. The van der Waals surface area contributed by atoms with Gasteiger partial charge in [-0.2, -0.15) is 9.97 Å². The molecular weight excluding hydrogens is 452 g/mol. The van der Waals surface area contributed by atoms with Crippen molar-refractivity contribution in [3.63, 3.8) is 0 Å². The summed E-state index contributed by atoms with van der Waals surface area (Å²) in [5.41, 5.74) is 15.7. The Morgan fingerprint density at radius 3 is 2.66 bits per heavy atom. The highest BCUT2D eigenvalue weighted by Gasteiger charge is 2.26. The van der Waals surface area contributed by atoms with Gasteiger partial charge in [-0.25, -0.2) is 9.97 Å². The minimum atomic E-state index is -1.16. The molecule has 1 aliphatic rings. The predicted octanol–water partition coefficient (Wildman–Crippen LogP) is 2.39. The van der Waals surface area contributed by atoms with Gasteiger partial charge in [-0.05, 0) is 55.2 Å². The second-order valence-electron chi connectivity index (χ2n) is 8.80. The van der Waals surface area contributed by atoms with Gasteiger partial charge in [-0.15, -0.1) is 0 Å². The zero-order chi connectivity index (χ0) is 25.1. The summed E-state index contributed by atoms with van der Waals surface area (Å²) < 4.78 is 0. The number of carboxylic acid groups (broad SMARTS) is 2. The Labute approximate surface area is 200 Å². The fraction of sp³-hybridized carbons (Fsp3) is 0.375. The van der Waals surface area contributed by atoms with Gasteiger partial charge >= 0.3 is 11.9 Å². The van der Waals surface area contributed by atoms with Crippen molar-refractivity contribution in [2.24, 2.45) is 5.92 Å². The van der Waals surface area contributed by atoms with Crippen molar-refractivity contribution in [2.45, 2.75) is 50.9 Å². The summed E-state index contributed by atoms with van der Waals surface area (Å²) >= 11 is 0. The van der Waals surface area contributed by atoms with Crippen LogP contribution in [0.4, 0.5) is 11.8 Å². The molecule has 0 radical (unpaired) electrons. The van der Waals surface area contributed by atoms with Crippen LogP contribution in [-0.2, 0) is 22.4 Å². The van der Waals surface area contributed by atoms with Crippen LogP contribution in [0, 0.1) is 5.92 Å². The minimum absolute atomic E-state index is 0.0418. The Morgan fingerprint density at radius 2 is 1.91 bits per heavy atom. The molecule has 1 aliphatic carbocycles. The summed E-state index contributed by atoms with van der Waals surface area (Å²) in [5, 5.41) is 18.2. The molecule has 0 amide bonds. The zero-order valence-corrected chi connectivity index (χ0v) is 19.0. The van der Waals surface area contributed by atoms with Crippen LogP contribution < -0.4 is 11.5 Å². The Morgan fingerprint density at radius 1 is 1.11 bits per heavy atom. The number of nitrogens with two attached hydrogens (primary N) is 2. The van der Waals surface area contributed by atoms with Crippen LogP contribution in [0.25, 0.3) is 11.2 Å². The Kier molecular flexibility index (Phi) is 6.85. The van der Waals surface area contributed by atoms with E-state index in [-0.39, 0.29) is 42.7 Å². The van der Waals surface area contributed by atoms with E-state index in [2.05, 4.69) is 19.9 Å². The monoisotopic (exact) mass is 478 g/mol. The van der Waals surface area contributed by atoms with Crippen LogP contribution in [0.5, 0.6) is 0 Å². The first-order chi connectivity index (χ1) is 16.7. The van der Waals surface area contributed by atoms with Crippen molar-refractivity contribution in [2.75, 3.05) is 11.5 Å². The molecule has 11 heteroatoms. The summed E-state index contributed by atoms with van der Waals surface area (Å²) in [6, 6.07) is 5.48. The maximum absolute atomic E-state index is 12.8. The molecule has 1 unspecified atom stereocenters. The molecule has 35 heavy (non-hydrogen) atoms. The standard InChI is InChI=1S/C24H26N6O5/c25-21-20-22(30-24(26)29-21)27-11-16(28-20)9-13-3-1-2-12-8-14(4-6-17(12)13)18(31)10-15(23(34)35)5-7-19(32)33/h4,6,8,11,13,15H,1-3,5,7,9-10H2,(H,32,33)(H,34,35)(H4,25,26,27,29,30)/t13?,15-/m1/s1. The summed E-state index contributed by atoms with van der Waals surface area (Å²) in [5.74, 6) is -3.18. The Bertz CT molecular complexity index is 1310. The minimum Gasteiger partial charge on any atom is -0.481 e. The highest BCUT2D eigenvalue weighted by Crippen LogP contribution is 2.35. The van der Waals surface area contributed by atoms with Crippen LogP contribution in [0.15, 0.2) is 24.4 Å². The topological polar surface area (TPSA) is 195 Å². The second-order valence-corrected chi connectivity index (χ2v) is 8.80. The van der Waals surface area contributed by atoms with Gasteiger partial charge < -0.3 is 21.7 Å². The van der Waals surface area contributed by atoms with E-state index in [0.717, 1.165) is 36.1 Å². The number of hydrogen-bond acceptors (Lipinski definition) is 9. The molecule has 1 aromatic carbocycles. The van der Waals surface area contributed by atoms with Crippen molar-refractivity contribution >= 4 is 40.7 Å². The molecule has 11 nitrogen and oxygen atoms in total. The first-order valence-corrected chi connectivity index (χ1v) is 11.4. The number of aromatic nitrogens is 4. The number of ketones is 1. The number of nitrogens with zero attached hydrogens (tertiary/aromatic N) is 4. The molecule has 3 aromatic rings. The van der Waals surface area contributed by atoms with Gasteiger partial charge in [0.15, 0.2) is 22.8 Å². The third-order valence-corrected chi connectivity index (χ3v) is 6.35. The van der Waals surface area contributed by atoms with Crippen molar-refractivity contribution in [3.8, 4) is 0 Å². The SMILES string of the molecule is Nc1nc(N)c2nc(CC3CCCc4cc(C(=O)C[C@@H](CCC(=O)O)C(=O)O)ccc43)cnc2n1. The average molecular weight is 479 g/mol. The third-order valence-electron chi connectivity index (χ3n) is 6.35. The van der Waals surface area contributed by atoms with E-state index in [1.807, 2.05) is 12.1 Å². The second kappa shape index (κ2) is 10.00. The molecule has 0 spiro atoms. The van der Waals surface area contributed by atoms with Crippen LogP contribution in [0.2, 0.25) is 0 Å². The molecule has 0 saturated heterocycles. The number of anilines is 2. The summed E-state index contributed by atoms with van der Waals surface area (Å²) in [6.07, 6.45) is 4.38. The molecule has 6 N–H and O–H groups in total. The average Bonchev–Trinajstić information content (AvgIpc) is 2.81. The maximum atomic E-state index is 12.8. The molecule has 0 bridgehead atoms. The molecule has 2 aromatic heterocycles. The molecule has 182 valence electrons. The van der Waals surface area contributed by atoms with Crippen molar-refractivity contribution in [3.05, 3.63) is 46.8 Å². The molecule has 0 fully saturated rings. The first kappa shape index (κ1) is 24.0. The number of carboxylic acids is 2. The number of rotatable bonds is 9. The van der Waals surface area contributed by atoms with E-state index < -0.39 is 17.9 Å². The van der Waals surface area contributed by atoms with E-state index in [0.29, 0.717) is 23.1 Å². The fourth-order valence-electron chi connectivity index (χ4n) is 4.59. The molecule has 2 heterocycles. The van der Waals surface area contributed by atoms with E-state index in [1.165, 1.54) is 0 Å².